The van der Waals surface area contributed by atoms with E-state index in [1.54, 1.807) is 7.11 Å². The number of hydrogen-bond acceptors (Lipinski definition) is 9. The van der Waals surface area contributed by atoms with Crippen LogP contribution >= 0.6 is 0 Å². The molecule has 0 aliphatic heterocycles. The van der Waals surface area contributed by atoms with Gasteiger partial charge in [-0.3, -0.25) is 0 Å². The number of ether oxygens (including phenoxy) is 8. The third kappa shape index (κ3) is 15.4. The van der Waals surface area contributed by atoms with E-state index >= 15 is 0 Å². The molecule has 9 nitrogen and oxygen atoms in total. The summed E-state index contributed by atoms with van der Waals surface area (Å²) < 4.78 is 43.6. The summed E-state index contributed by atoms with van der Waals surface area (Å²) in [7, 11) is 5.69. The van der Waals surface area contributed by atoms with Crippen molar-refractivity contribution in [2.45, 2.75) is 13.8 Å². The second-order valence-corrected chi connectivity index (χ2v) is 7.84. The fourth-order valence-corrected chi connectivity index (χ4v) is 3.00. The molecule has 0 saturated carbocycles. The molecule has 0 aliphatic rings. The van der Waals surface area contributed by atoms with E-state index in [1.807, 2.05) is 14.1 Å². The Morgan fingerprint density at radius 1 is 0.559 bits per heavy atom. The second kappa shape index (κ2) is 20.9. The molecule has 34 heavy (non-hydrogen) atoms. The van der Waals surface area contributed by atoms with E-state index in [1.165, 1.54) is 5.56 Å². The van der Waals surface area contributed by atoms with Crippen molar-refractivity contribution in [2.75, 3.05) is 119 Å². The highest BCUT2D eigenvalue weighted by Crippen LogP contribution is 2.32. The summed E-state index contributed by atoms with van der Waals surface area (Å²) in [6.45, 7) is 11.7. The minimum atomic E-state index is 0.501. The largest absolute Gasteiger partial charge is 0.489 e. The van der Waals surface area contributed by atoms with Crippen LogP contribution in [0.4, 0.5) is 5.69 Å². The SMILES string of the molecule is COCCOCCOCCOCCOCCOCCOCCOc1c(C)cc(C)cc1N(C)C. The van der Waals surface area contributed by atoms with Crippen molar-refractivity contribution >= 4 is 5.69 Å². The van der Waals surface area contributed by atoms with E-state index in [-0.39, 0.29) is 0 Å². The summed E-state index contributed by atoms with van der Waals surface area (Å²) in [5.41, 5.74) is 3.43. The second-order valence-electron chi connectivity index (χ2n) is 7.84. The predicted octanol–water partition coefficient (Wildman–Crippen LogP) is 2.49. The van der Waals surface area contributed by atoms with Crippen molar-refractivity contribution in [3.8, 4) is 5.75 Å². The zero-order valence-electron chi connectivity index (χ0n) is 21.8. The van der Waals surface area contributed by atoms with Gasteiger partial charge in [-0.15, -0.1) is 0 Å². The first-order valence-electron chi connectivity index (χ1n) is 11.9. The van der Waals surface area contributed by atoms with E-state index < -0.39 is 0 Å². The van der Waals surface area contributed by atoms with E-state index in [2.05, 4.69) is 30.9 Å². The van der Waals surface area contributed by atoms with Crippen molar-refractivity contribution in [1.29, 1.82) is 0 Å². The van der Waals surface area contributed by atoms with Gasteiger partial charge in [0.25, 0.3) is 0 Å². The van der Waals surface area contributed by atoms with Gasteiger partial charge in [-0.1, -0.05) is 6.07 Å². The molecule has 0 atom stereocenters. The quantitative estimate of drug-likeness (QED) is 0.216. The number of anilines is 1. The maximum absolute atomic E-state index is 5.96. The van der Waals surface area contributed by atoms with Crippen LogP contribution in [0.3, 0.4) is 0 Å². The molecule has 0 unspecified atom stereocenters. The molecule has 1 rings (SSSR count). The average molecular weight is 488 g/mol. The Labute approximate surface area is 205 Å². The van der Waals surface area contributed by atoms with Gasteiger partial charge in [0, 0.05) is 21.2 Å². The fourth-order valence-electron chi connectivity index (χ4n) is 3.00. The van der Waals surface area contributed by atoms with Crippen molar-refractivity contribution in [3.05, 3.63) is 23.3 Å². The van der Waals surface area contributed by atoms with Gasteiger partial charge in [0.1, 0.15) is 12.4 Å². The molecule has 0 aromatic heterocycles. The lowest BCUT2D eigenvalue weighted by Crippen LogP contribution is -2.16. The summed E-state index contributed by atoms with van der Waals surface area (Å²) in [6, 6.07) is 4.26. The molecular weight excluding hydrogens is 442 g/mol. The molecule has 0 heterocycles. The fraction of sp³-hybridized carbons (Fsp3) is 0.760. The lowest BCUT2D eigenvalue weighted by Gasteiger charge is -2.20. The Hall–Kier alpha value is -1.46. The first-order chi connectivity index (χ1) is 16.6. The normalized spacial score (nSPS) is 11.2. The molecule has 0 radical (unpaired) electrons. The van der Waals surface area contributed by atoms with Gasteiger partial charge in [0.2, 0.25) is 0 Å². The number of rotatable bonds is 23. The molecule has 0 fully saturated rings. The van der Waals surface area contributed by atoms with Gasteiger partial charge in [0.15, 0.2) is 0 Å². The van der Waals surface area contributed by atoms with Crippen molar-refractivity contribution in [2.24, 2.45) is 0 Å². The molecular formula is C25H45NO8. The molecule has 0 saturated heterocycles. The van der Waals surface area contributed by atoms with Crippen LogP contribution in [-0.4, -0.2) is 114 Å². The van der Waals surface area contributed by atoms with Gasteiger partial charge < -0.3 is 42.8 Å². The Balaban J connectivity index is 1.85. The monoisotopic (exact) mass is 487 g/mol. The van der Waals surface area contributed by atoms with Crippen molar-refractivity contribution in [1.82, 2.24) is 0 Å². The molecule has 198 valence electrons. The zero-order chi connectivity index (χ0) is 24.9. The summed E-state index contributed by atoms with van der Waals surface area (Å²) in [4.78, 5) is 2.07. The van der Waals surface area contributed by atoms with Crippen LogP contribution in [0.2, 0.25) is 0 Å². The predicted molar refractivity (Wildman–Crippen MR) is 133 cm³/mol. The van der Waals surface area contributed by atoms with Crippen molar-refractivity contribution < 1.29 is 37.9 Å². The van der Waals surface area contributed by atoms with Gasteiger partial charge in [-0.2, -0.15) is 0 Å². The smallest absolute Gasteiger partial charge is 0.145 e. The summed E-state index contributed by atoms with van der Waals surface area (Å²) in [5.74, 6) is 0.910. The third-order valence-electron chi connectivity index (χ3n) is 4.65. The molecule has 1 aromatic carbocycles. The van der Waals surface area contributed by atoms with Gasteiger partial charge in [-0.05, 0) is 31.0 Å². The molecule has 9 heteroatoms. The Morgan fingerprint density at radius 3 is 1.32 bits per heavy atom. The minimum Gasteiger partial charge on any atom is -0.489 e. The Kier molecular flexibility index (Phi) is 18.8. The van der Waals surface area contributed by atoms with E-state index in [0.29, 0.717) is 92.5 Å². The van der Waals surface area contributed by atoms with Crippen LogP contribution in [0.1, 0.15) is 11.1 Å². The topological polar surface area (TPSA) is 77.1 Å². The maximum atomic E-state index is 5.96. The number of hydrogen-bond donors (Lipinski definition) is 0. The highest BCUT2D eigenvalue weighted by atomic mass is 16.6. The first-order valence-corrected chi connectivity index (χ1v) is 11.9. The average Bonchev–Trinajstić information content (AvgIpc) is 2.80. The molecule has 0 bridgehead atoms. The van der Waals surface area contributed by atoms with Crippen LogP contribution in [0.5, 0.6) is 5.75 Å². The lowest BCUT2D eigenvalue weighted by molar-refractivity contribution is -0.0199. The molecule has 0 spiro atoms. The Bertz CT molecular complexity index is 615. The van der Waals surface area contributed by atoms with E-state index in [4.69, 9.17) is 37.9 Å². The standard InChI is InChI=1S/C25H45NO8/c1-22-20-23(2)25(24(21-22)26(3)4)34-19-18-33-17-16-32-15-14-31-13-12-30-11-10-29-9-8-28-7-6-27-5/h20-21H,6-19H2,1-5H3. The number of methoxy groups -OCH3 is 1. The minimum absolute atomic E-state index is 0.501. The highest BCUT2D eigenvalue weighted by Gasteiger charge is 2.10. The summed E-state index contributed by atoms with van der Waals surface area (Å²) in [5, 5.41) is 0. The number of benzene rings is 1. The van der Waals surface area contributed by atoms with Gasteiger partial charge in [0.05, 0.1) is 91.6 Å². The number of nitrogens with zero attached hydrogens (tertiary/aromatic N) is 1. The van der Waals surface area contributed by atoms with Crippen LogP contribution in [0, 0.1) is 13.8 Å². The van der Waals surface area contributed by atoms with Gasteiger partial charge >= 0.3 is 0 Å². The summed E-state index contributed by atoms with van der Waals surface area (Å²) >= 11 is 0. The molecule has 0 aliphatic carbocycles. The van der Waals surface area contributed by atoms with Crippen LogP contribution < -0.4 is 9.64 Å². The molecule has 1 aromatic rings. The molecule has 0 amide bonds. The lowest BCUT2D eigenvalue weighted by atomic mass is 10.1. The van der Waals surface area contributed by atoms with Crippen LogP contribution in [0.15, 0.2) is 12.1 Å². The van der Waals surface area contributed by atoms with Gasteiger partial charge in [-0.25, -0.2) is 0 Å². The van der Waals surface area contributed by atoms with E-state index in [0.717, 1.165) is 17.0 Å². The molecule has 0 N–H and O–H groups in total. The van der Waals surface area contributed by atoms with Crippen LogP contribution in [0.25, 0.3) is 0 Å². The van der Waals surface area contributed by atoms with Crippen molar-refractivity contribution in [3.63, 3.8) is 0 Å². The summed E-state index contributed by atoms with van der Waals surface area (Å²) in [6.07, 6.45) is 0. The third-order valence-corrected chi connectivity index (χ3v) is 4.65. The van der Waals surface area contributed by atoms with E-state index in [9.17, 15) is 0 Å². The number of aryl methyl sites for hydroxylation is 2. The first kappa shape index (κ1) is 30.6. The maximum Gasteiger partial charge on any atom is 0.145 e. The highest BCUT2D eigenvalue weighted by molar-refractivity contribution is 5.62. The Morgan fingerprint density at radius 2 is 0.941 bits per heavy atom. The van der Waals surface area contributed by atoms with Crippen LogP contribution in [-0.2, 0) is 33.2 Å². The zero-order valence-corrected chi connectivity index (χ0v) is 21.8.